The van der Waals surface area contributed by atoms with Gasteiger partial charge >= 0.3 is 6.18 Å². The Balaban J connectivity index is 1.51. The van der Waals surface area contributed by atoms with Crippen molar-refractivity contribution >= 4 is 11.6 Å². The molecule has 0 radical (unpaired) electrons. The second-order valence-corrected chi connectivity index (χ2v) is 7.33. The van der Waals surface area contributed by atoms with Gasteiger partial charge in [0.1, 0.15) is 6.07 Å². The molecule has 1 aliphatic heterocycles. The van der Waals surface area contributed by atoms with E-state index in [9.17, 15) is 23.2 Å². The van der Waals surface area contributed by atoms with Gasteiger partial charge in [0.25, 0.3) is 5.91 Å². The maximum absolute atomic E-state index is 13.3. The maximum Gasteiger partial charge on any atom is 0.418 e. The summed E-state index contributed by atoms with van der Waals surface area (Å²) in [6.45, 7) is 2.06. The summed E-state index contributed by atoms with van der Waals surface area (Å²) >= 11 is 0. The normalized spacial score (nSPS) is 14.7. The molecule has 1 amide bonds. The number of hydrogen-bond donors (Lipinski definition) is 0. The van der Waals surface area contributed by atoms with Gasteiger partial charge in [0.05, 0.1) is 28.7 Å². The van der Waals surface area contributed by atoms with Crippen LogP contribution < -0.4 is 4.90 Å². The van der Waals surface area contributed by atoms with Gasteiger partial charge < -0.3 is 9.80 Å². The Labute approximate surface area is 182 Å². The average Bonchev–Trinajstić information content (AvgIpc) is 3.16. The van der Waals surface area contributed by atoms with Crippen molar-refractivity contribution in [3.05, 3.63) is 71.5 Å². The van der Waals surface area contributed by atoms with Crippen LogP contribution in [0.3, 0.4) is 0 Å². The molecule has 1 aliphatic rings. The average molecular weight is 440 g/mol. The molecule has 2 heterocycles. The maximum atomic E-state index is 13.3. The monoisotopic (exact) mass is 440 g/mol. The van der Waals surface area contributed by atoms with Crippen LogP contribution >= 0.6 is 0 Å². The molecule has 0 spiro atoms. The minimum Gasteiger partial charge on any atom is -0.369 e. The van der Waals surface area contributed by atoms with Gasteiger partial charge in [-0.3, -0.25) is 4.79 Å². The summed E-state index contributed by atoms with van der Waals surface area (Å²) in [6, 6.07) is 14.5. The summed E-state index contributed by atoms with van der Waals surface area (Å²) in [5.41, 5.74) is 0.317. The number of halogens is 3. The molecular formula is C22H19F3N6O. The lowest BCUT2D eigenvalue weighted by molar-refractivity contribution is -0.137. The largest absolute Gasteiger partial charge is 0.418 e. The standard InChI is InChI=1S/C22H19F3N6O/c23-22(24,25)17-7-2-4-9-20(17)31-15-18(27-28-31)21(32)30-11-5-10-29(12-13-30)19-8-3-1-6-16(19)14-26/h1-4,6-9,15H,5,10-13H2. The highest BCUT2D eigenvalue weighted by molar-refractivity contribution is 5.92. The van der Waals surface area contributed by atoms with E-state index in [-0.39, 0.29) is 11.4 Å². The van der Waals surface area contributed by atoms with Crippen molar-refractivity contribution in [1.29, 1.82) is 5.26 Å². The molecule has 1 saturated heterocycles. The topological polar surface area (TPSA) is 78.0 Å². The molecule has 164 valence electrons. The summed E-state index contributed by atoms with van der Waals surface area (Å²) in [7, 11) is 0. The zero-order valence-electron chi connectivity index (χ0n) is 17.0. The molecule has 0 unspecified atom stereocenters. The van der Waals surface area contributed by atoms with Crippen LogP contribution in [0.1, 0.15) is 28.0 Å². The van der Waals surface area contributed by atoms with E-state index in [1.807, 2.05) is 12.1 Å². The molecule has 7 nitrogen and oxygen atoms in total. The van der Waals surface area contributed by atoms with E-state index in [1.165, 1.54) is 24.4 Å². The Morgan fingerprint density at radius 3 is 2.44 bits per heavy atom. The molecule has 1 aromatic heterocycles. The molecule has 1 fully saturated rings. The summed E-state index contributed by atoms with van der Waals surface area (Å²) in [6.07, 6.45) is -2.65. The molecule has 0 atom stereocenters. The number of nitrogens with zero attached hydrogens (tertiary/aromatic N) is 6. The van der Waals surface area contributed by atoms with Crippen LogP contribution in [0.25, 0.3) is 5.69 Å². The van der Waals surface area contributed by atoms with Crippen molar-refractivity contribution in [2.45, 2.75) is 12.6 Å². The van der Waals surface area contributed by atoms with Crippen molar-refractivity contribution in [1.82, 2.24) is 19.9 Å². The number of rotatable bonds is 3. The Hall–Kier alpha value is -3.87. The minimum atomic E-state index is -4.55. The van der Waals surface area contributed by atoms with E-state index < -0.39 is 17.6 Å². The highest BCUT2D eigenvalue weighted by Crippen LogP contribution is 2.33. The summed E-state index contributed by atoms with van der Waals surface area (Å²) < 4.78 is 40.9. The number of nitriles is 1. The Morgan fingerprint density at radius 2 is 1.69 bits per heavy atom. The van der Waals surface area contributed by atoms with Crippen LogP contribution in [0, 0.1) is 11.3 Å². The second-order valence-electron chi connectivity index (χ2n) is 7.33. The van der Waals surface area contributed by atoms with Crippen LogP contribution in [0.5, 0.6) is 0 Å². The number of hydrogen-bond acceptors (Lipinski definition) is 5. The third-order valence-corrected chi connectivity index (χ3v) is 5.32. The first-order valence-corrected chi connectivity index (χ1v) is 10.0. The summed E-state index contributed by atoms with van der Waals surface area (Å²) in [5, 5.41) is 16.9. The number of carbonyl (C=O) groups excluding carboxylic acids is 1. The van der Waals surface area contributed by atoms with Crippen molar-refractivity contribution in [3.63, 3.8) is 0 Å². The molecule has 32 heavy (non-hydrogen) atoms. The lowest BCUT2D eigenvalue weighted by atomic mass is 10.1. The molecule has 3 aromatic rings. The third kappa shape index (κ3) is 4.27. The van der Waals surface area contributed by atoms with Crippen molar-refractivity contribution in [3.8, 4) is 11.8 Å². The lowest BCUT2D eigenvalue weighted by Gasteiger charge is -2.24. The first kappa shape index (κ1) is 21.4. The zero-order chi connectivity index (χ0) is 22.7. The van der Waals surface area contributed by atoms with Gasteiger partial charge in [-0.2, -0.15) is 18.4 Å². The van der Waals surface area contributed by atoms with Gasteiger partial charge in [-0.05, 0) is 30.7 Å². The van der Waals surface area contributed by atoms with Crippen LogP contribution in [0.15, 0.2) is 54.7 Å². The number of anilines is 1. The fraction of sp³-hybridized carbons (Fsp3) is 0.273. The first-order chi connectivity index (χ1) is 15.4. The van der Waals surface area contributed by atoms with Crippen molar-refractivity contribution < 1.29 is 18.0 Å². The number of alkyl halides is 3. The Morgan fingerprint density at radius 1 is 0.969 bits per heavy atom. The predicted octanol–water partition coefficient (Wildman–Crippen LogP) is 3.51. The highest BCUT2D eigenvalue weighted by atomic mass is 19.4. The number of aromatic nitrogens is 3. The smallest absolute Gasteiger partial charge is 0.369 e. The minimum absolute atomic E-state index is 0.0205. The second kappa shape index (κ2) is 8.70. The van der Waals surface area contributed by atoms with Crippen molar-refractivity contribution in [2.24, 2.45) is 0 Å². The van der Waals surface area contributed by atoms with Crippen LogP contribution in [-0.4, -0.2) is 52.0 Å². The quantitative estimate of drug-likeness (QED) is 0.623. The first-order valence-electron chi connectivity index (χ1n) is 10.0. The molecular weight excluding hydrogens is 421 g/mol. The molecule has 2 aromatic carbocycles. The predicted molar refractivity (Wildman–Crippen MR) is 110 cm³/mol. The van der Waals surface area contributed by atoms with E-state index in [4.69, 9.17) is 0 Å². The highest BCUT2D eigenvalue weighted by Gasteiger charge is 2.34. The van der Waals surface area contributed by atoms with E-state index in [0.29, 0.717) is 38.2 Å². The van der Waals surface area contributed by atoms with Gasteiger partial charge in [0.2, 0.25) is 0 Å². The Bertz CT molecular complexity index is 1170. The molecule has 10 heteroatoms. The number of carbonyl (C=O) groups is 1. The van der Waals surface area contributed by atoms with E-state index >= 15 is 0 Å². The number of benzene rings is 2. The van der Waals surface area contributed by atoms with Crippen LogP contribution in [0.2, 0.25) is 0 Å². The van der Waals surface area contributed by atoms with Crippen LogP contribution in [-0.2, 0) is 6.18 Å². The molecule has 4 rings (SSSR count). The SMILES string of the molecule is N#Cc1ccccc1N1CCCN(C(=O)c2cn(-c3ccccc3C(F)(F)F)nn2)CC1. The van der Waals surface area contributed by atoms with Gasteiger partial charge in [0, 0.05) is 26.2 Å². The molecule has 0 aliphatic carbocycles. The number of para-hydroxylation sites is 2. The Kier molecular flexibility index (Phi) is 5.81. The molecule has 0 bridgehead atoms. The van der Waals surface area contributed by atoms with Gasteiger partial charge in [-0.15, -0.1) is 5.10 Å². The summed E-state index contributed by atoms with van der Waals surface area (Å²) in [5.74, 6) is -0.392. The third-order valence-electron chi connectivity index (χ3n) is 5.32. The van der Waals surface area contributed by atoms with E-state index in [1.54, 1.807) is 17.0 Å². The van der Waals surface area contributed by atoms with Gasteiger partial charge in [-0.1, -0.05) is 29.5 Å². The molecule has 0 N–H and O–H groups in total. The molecule has 0 saturated carbocycles. The van der Waals surface area contributed by atoms with Gasteiger partial charge in [-0.25, -0.2) is 4.68 Å². The lowest BCUT2D eigenvalue weighted by Crippen LogP contribution is -2.35. The van der Waals surface area contributed by atoms with E-state index in [0.717, 1.165) is 16.4 Å². The number of amides is 1. The van der Waals surface area contributed by atoms with E-state index in [2.05, 4.69) is 21.3 Å². The zero-order valence-corrected chi connectivity index (χ0v) is 17.0. The fourth-order valence-electron chi connectivity index (χ4n) is 3.76. The van der Waals surface area contributed by atoms with Crippen molar-refractivity contribution in [2.75, 3.05) is 31.1 Å². The summed E-state index contributed by atoms with van der Waals surface area (Å²) in [4.78, 5) is 16.6. The fourth-order valence-corrected chi connectivity index (χ4v) is 3.76. The van der Waals surface area contributed by atoms with Gasteiger partial charge in [0.15, 0.2) is 5.69 Å². The van der Waals surface area contributed by atoms with Crippen LogP contribution in [0.4, 0.5) is 18.9 Å².